The molecule has 0 aromatic heterocycles. The standard InChI is InChI=1S/C2H3Br2I.C2H3Cl2I.C2H3F2I/c3*1-2(3,4)5/h3*1H3. The molecule has 0 spiro atoms. The Labute approximate surface area is 157 Å². The van der Waals surface area contributed by atoms with Crippen LogP contribution in [0.2, 0.25) is 0 Å². The maximum absolute atomic E-state index is 11.0. The third kappa shape index (κ3) is 332. The average Bonchev–Trinajstić information content (AvgIpc) is 1.41. The molecule has 0 amide bonds. The number of hydrogen-bond acceptors (Lipinski definition) is 0. The van der Waals surface area contributed by atoms with E-state index in [4.69, 9.17) is 23.2 Å². The molecule has 0 unspecified atom stereocenters. The fraction of sp³-hybridized carbons (Fsp3) is 1.00. The lowest BCUT2D eigenvalue weighted by Crippen LogP contribution is -1.91. The fourth-order valence-corrected chi connectivity index (χ4v) is 0. The normalized spacial score (nSPS) is 12.0. The van der Waals surface area contributed by atoms with Crippen LogP contribution in [0.4, 0.5) is 8.78 Å². The molecule has 0 N–H and O–H groups in total. The highest BCUT2D eigenvalue weighted by molar-refractivity contribution is 14.1. The van der Waals surface area contributed by atoms with Crippen molar-refractivity contribution in [3.8, 4) is 0 Å². The van der Waals surface area contributed by atoms with Crippen molar-refractivity contribution in [1.29, 1.82) is 0 Å². The average molecular weight is 731 g/mol. The second-order valence-corrected chi connectivity index (χ2v) is 18.7. The zero-order valence-corrected chi connectivity index (χ0v) is 19.1. The summed E-state index contributed by atoms with van der Waals surface area (Å²) in [7, 11) is 0. The van der Waals surface area contributed by atoms with E-state index in [-0.39, 0.29) is 1.24 Å². The largest absolute Gasteiger partial charge is 0.293 e. The minimum atomic E-state index is -2.53. The molecule has 0 radical (unpaired) electrons. The molecule has 15 heavy (non-hydrogen) atoms. The highest BCUT2D eigenvalue weighted by atomic mass is 127. The lowest BCUT2D eigenvalue weighted by molar-refractivity contribution is 0.150. The zero-order chi connectivity index (χ0) is 13.5. The van der Waals surface area contributed by atoms with Crippen LogP contribution in [0.3, 0.4) is 0 Å². The molecule has 0 saturated heterocycles. The van der Waals surface area contributed by atoms with Crippen LogP contribution < -0.4 is 0 Å². The summed E-state index contributed by atoms with van der Waals surface area (Å²) in [5, 5.41) is 0. The molecule has 0 fully saturated rings. The summed E-state index contributed by atoms with van der Waals surface area (Å²) in [6, 6.07) is 0. The molecule has 0 aliphatic heterocycles. The molecule has 0 nitrogen and oxygen atoms in total. The summed E-state index contributed by atoms with van der Waals surface area (Å²) in [6.45, 7) is 4.55. The topological polar surface area (TPSA) is 0 Å². The summed E-state index contributed by atoms with van der Waals surface area (Å²) in [6.07, 6.45) is 0. The van der Waals surface area contributed by atoms with Gasteiger partial charge in [0.1, 0.15) is 1.24 Å². The highest BCUT2D eigenvalue weighted by Gasteiger charge is 2.11. The predicted molar refractivity (Wildman–Crippen MR) is 99.1 cm³/mol. The van der Waals surface area contributed by atoms with E-state index >= 15 is 0 Å². The fourth-order valence-electron chi connectivity index (χ4n) is 0. The van der Waals surface area contributed by atoms with Gasteiger partial charge in [0.25, 0.3) is 3.93 Å². The number of alkyl halides is 9. The Bertz CT molecular complexity index is 107. The van der Waals surface area contributed by atoms with Crippen LogP contribution in [0, 0.1) is 0 Å². The molecule has 0 rings (SSSR count). The molecular weight excluding hydrogens is 721 g/mol. The van der Waals surface area contributed by atoms with Crippen molar-refractivity contribution >= 4 is 123 Å². The Morgan fingerprint density at radius 1 is 0.933 bits per heavy atom. The van der Waals surface area contributed by atoms with E-state index < -0.39 is 6.27 Å². The third-order valence-electron chi connectivity index (χ3n) is 0. The molecule has 0 bridgehead atoms. The molecule has 0 aromatic rings. The number of hydrogen-bond donors (Lipinski definition) is 0. The number of rotatable bonds is 0. The Hall–Kier alpha value is 3.59. The molecule has 0 heterocycles. The lowest BCUT2D eigenvalue weighted by atomic mass is 10.9. The lowest BCUT2D eigenvalue weighted by Gasteiger charge is -1.96. The van der Waals surface area contributed by atoms with Crippen molar-refractivity contribution in [3.63, 3.8) is 0 Å². The van der Waals surface area contributed by atoms with E-state index in [1.54, 1.807) is 6.92 Å². The summed E-state index contributed by atoms with van der Waals surface area (Å²) in [4.78, 5) is 0. The molecular formula is C6H9Br2Cl2F2I3. The molecule has 0 saturated carbocycles. The third-order valence-corrected chi connectivity index (χ3v) is 0. The van der Waals surface area contributed by atoms with Crippen molar-refractivity contribution in [3.05, 3.63) is 0 Å². The predicted octanol–water partition coefficient (Wildman–Crippen LogP) is 7.49. The first-order valence-corrected chi connectivity index (χ1v) is 8.78. The van der Waals surface area contributed by atoms with Crippen LogP contribution in [0.15, 0.2) is 0 Å². The maximum Gasteiger partial charge on any atom is 0.293 e. The second kappa shape index (κ2) is 10.4. The van der Waals surface area contributed by atoms with Gasteiger partial charge in [-0.1, -0.05) is 77.7 Å². The second-order valence-electron chi connectivity index (χ2n) is 2.34. The van der Waals surface area contributed by atoms with Gasteiger partial charge >= 0.3 is 0 Å². The smallest absolute Gasteiger partial charge is 0.195 e. The van der Waals surface area contributed by atoms with Gasteiger partial charge in [-0.25, -0.2) is 0 Å². The van der Waals surface area contributed by atoms with Gasteiger partial charge in [-0.3, -0.25) is 0 Å². The van der Waals surface area contributed by atoms with E-state index in [9.17, 15) is 8.78 Å². The number of halogens is 9. The zero-order valence-electron chi connectivity index (χ0n) is 7.90. The first-order valence-electron chi connectivity index (χ1n) is 3.20. The van der Waals surface area contributed by atoms with Gasteiger partial charge in [-0.05, 0) is 59.0 Å². The summed E-state index contributed by atoms with van der Waals surface area (Å²) in [5.74, 6) is 0. The van der Waals surface area contributed by atoms with Crippen LogP contribution in [0.1, 0.15) is 20.8 Å². The molecule has 0 aromatic carbocycles. The molecule has 0 aliphatic rings. The van der Waals surface area contributed by atoms with E-state index in [2.05, 4.69) is 54.5 Å². The van der Waals surface area contributed by atoms with Crippen molar-refractivity contribution in [2.75, 3.05) is 0 Å². The van der Waals surface area contributed by atoms with E-state index in [0.29, 0.717) is 0 Å². The summed E-state index contributed by atoms with van der Waals surface area (Å²) >= 11 is 22.3. The van der Waals surface area contributed by atoms with Crippen molar-refractivity contribution in [2.45, 2.75) is 28.3 Å². The molecule has 9 heteroatoms. The highest BCUT2D eigenvalue weighted by Crippen LogP contribution is 2.32. The van der Waals surface area contributed by atoms with Crippen molar-refractivity contribution in [2.24, 2.45) is 0 Å². The van der Waals surface area contributed by atoms with Crippen LogP contribution >= 0.6 is 123 Å². The summed E-state index contributed by atoms with van der Waals surface area (Å²) in [5.41, 5.74) is 0. The first-order chi connectivity index (χ1) is 6.00. The monoisotopic (exact) mass is 728 g/mol. The molecule has 96 valence electrons. The van der Waals surface area contributed by atoms with Gasteiger partial charge in [0, 0.05) is 6.92 Å². The van der Waals surface area contributed by atoms with Crippen LogP contribution in [-0.2, 0) is 0 Å². The van der Waals surface area contributed by atoms with Gasteiger partial charge in [0.15, 0.2) is 2.34 Å². The van der Waals surface area contributed by atoms with E-state index in [1.807, 2.05) is 29.5 Å². The Balaban J connectivity index is -0.000000144. The Morgan fingerprint density at radius 3 is 0.933 bits per heavy atom. The first kappa shape index (κ1) is 23.7. The van der Waals surface area contributed by atoms with Gasteiger partial charge in [0.2, 0.25) is 0 Å². The molecule has 0 aliphatic carbocycles. The van der Waals surface area contributed by atoms with Crippen LogP contribution in [0.25, 0.3) is 0 Å². The Morgan fingerprint density at radius 2 is 0.933 bits per heavy atom. The van der Waals surface area contributed by atoms with Gasteiger partial charge < -0.3 is 0 Å². The van der Waals surface area contributed by atoms with E-state index in [1.165, 1.54) is 0 Å². The maximum atomic E-state index is 11.0. The Kier molecular flexibility index (Phi) is 16.4. The van der Waals surface area contributed by atoms with E-state index in [0.717, 1.165) is 29.5 Å². The van der Waals surface area contributed by atoms with Crippen molar-refractivity contribution in [1.82, 2.24) is 0 Å². The van der Waals surface area contributed by atoms with Gasteiger partial charge in [-0.2, -0.15) is 8.78 Å². The summed E-state index contributed by atoms with van der Waals surface area (Å²) < 4.78 is 19.0. The van der Waals surface area contributed by atoms with Crippen LogP contribution in [0.5, 0.6) is 0 Å². The van der Waals surface area contributed by atoms with Crippen molar-refractivity contribution < 1.29 is 8.78 Å². The van der Waals surface area contributed by atoms with Crippen LogP contribution in [-0.4, -0.2) is 7.51 Å². The van der Waals surface area contributed by atoms with Gasteiger partial charge in [0.05, 0.1) is 0 Å². The SMILES string of the molecule is CC(Br)(Br)I.CC(Cl)(Cl)I.CC(F)(F)I. The minimum Gasteiger partial charge on any atom is -0.195 e. The minimum absolute atomic E-state index is 0.0950. The quantitative estimate of drug-likeness (QED) is 0.179. The molecule has 0 atom stereocenters. The van der Waals surface area contributed by atoms with Gasteiger partial charge in [-0.15, -0.1) is 0 Å².